The van der Waals surface area contributed by atoms with E-state index in [1.807, 2.05) is 21.1 Å². The molecular weight excluding hydrogens is 887 g/mol. The number of esters is 2. The largest absolute Gasteiger partial charge is 0.477 e. The number of carbonyl (C=O) groups is 3. The van der Waals surface area contributed by atoms with Crippen LogP contribution in [-0.4, -0.2) is 87.4 Å². The first-order chi connectivity index (χ1) is 34.6. The molecule has 0 heterocycles. The molecule has 2 unspecified atom stereocenters. The smallest absolute Gasteiger partial charge is 0.361 e. The van der Waals surface area contributed by atoms with E-state index in [0.717, 1.165) is 77.0 Å². The van der Waals surface area contributed by atoms with Gasteiger partial charge in [0.1, 0.15) is 13.2 Å². The quantitative estimate of drug-likeness (QED) is 0.0211. The topological polar surface area (TPSA) is 108 Å². The molecule has 0 aromatic rings. The number of unbranched alkanes of at least 4 members (excludes halogenated alkanes) is 29. The fourth-order valence-corrected chi connectivity index (χ4v) is 8.17. The van der Waals surface area contributed by atoms with Gasteiger partial charge in [0.15, 0.2) is 6.10 Å². The molecule has 2 atom stereocenters. The van der Waals surface area contributed by atoms with Crippen LogP contribution >= 0.6 is 0 Å². The van der Waals surface area contributed by atoms with Crippen molar-refractivity contribution in [2.75, 3.05) is 47.5 Å². The van der Waals surface area contributed by atoms with Crippen molar-refractivity contribution in [2.24, 2.45) is 0 Å². The number of quaternary nitrogens is 1. The van der Waals surface area contributed by atoms with Crippen LogP contribution in [0.15, 0.2) is 60.8 Å². The molecule has 0 saturated heterocycles. The molecule has 9 heteroatoms. The summed E-state index contributed by atoms with van der Waals surface area (Å²) in [5.41, 5.74) is 0. The number of aliphatic carboxylic acids is 1. The summed E-state index contributed by atoms with van der Waals surface area (Å²) in [5.74, 6) is -2.02. The van der Waals surface area contributed by atoms with Gasteiger partial charge in [0, 0.05) is 12.8 Å². The van der Waals surface area contributed by atoms with Crippen LogP contribution in [0.5, 0.6) is 0 Å². The van der Waals surface area contributed by atoms with Crippen LogP contribution in [0.25, 0.3) is 0 Å². The van der Waals surface area contributed by atoms with Crippen LogP contribution < -0.4 is 0 Å². The average Bonchev–Trinajstić information content (AvgIpc) is 3.34. The number of rotatable bonds is 54. The van der Waals surface area contributed by atoms with Crippen molar-refractivity contribution >= 4 is 17.9 Å². The molecule has 0 fully saturated rings. The molecule has 0 radical (unpaired) electrons. The van der Waals surface area contributed by atoms with Crippen LogP contribution in [-0.2, 0) is 33.3 Å². The highest BCUT2D eigenvalue weighted by atomic mass is 16.7. The van der Waals surface area contributed by atoms with Gasteiger partial charge in [0.25, 0.3) is 6.29 Å². The minimum atomic E-state index is -1.52. The SMILES string of the molecule is CCCCCCC/C=C\C/C=C\C/C=C\CCCCCCCCC(=O)OC(COC(=O)CCCCCCCCCCCCCCC/C=C\C/C=C\CCCCCCC)COC(OCC[N+](C)(C)C)C(=O)O. The number of carbonyl (C=O) groups excluding carboxylic acids is 2. The summed E-state index contributed by atoms with van der Waals surface area (Å²) in [6.45, 7) is 4.86. The zero-order valence-electron chi connectivity index (χ0n) is 46.9. The Morgan fingerprint density at radius 1 is 0.423 bits per heavy atom. The number of hydrogen-bond acceptors (Lipinski definition) is 7. The molecular formula is C62H112NO8+. The fraction of sp³-hybridized carbons (Fsp3) is 0.790. The number of ether oxygens (including phenoxy) is 4. The van der Waals surface area contributed by atoms with Crippen molar-refractivity contribution in [3.63, 3.8) is 0 Å². The normalized spacial score (nSPS) is 13.2. The van der Waals surface area contributed by atoms with Crippen LogP contribution in [0.3, 0.4) is 0 Å². The molecule has 0 bridgehead atoms. The summed E-state index contributed by atoms with van der Waals surface area (Å²) in [7, 11) is 5.96. The van der Waals surface area contributed by atoms with E-state index in [1.165, 1.54) is 148 Å². The lowest BCUT2D eigenvalue weighted by molar-refractivity contribution is -0.870. The van der Waals surface area contributed by atoms with Gasteiger partial charge in [-0.15, -0.1) is 0 Å². The second-order valence-corrected chi connectivity index (χ2v) is 20.9. The van der Waals surface area contributed by atoms with E-state index in [4.69, 9.17) is 18.9 Å². The van der Waals surface area contributed by atoms with Gasteiger partial charge in [-0.2, -0.15) is 0 Å². The van der Waals surface area contributed by atoms with Gasteiger partial charge in [-0.25, -0.2) is 4.79 Å². The lowest BCUT2D eigenvalue weighted by Gasteiger charge is -2.25. The Morgan fingerprint density at radius 3 is 1.13 bits per heavy atom. The molecule has 1 N–H and O–H groups in total. The Morgan fingerprint density at radius 2 is 0.761 bits per heavy atom. The summed E-state index contributed by atoms with van der Waals surface area (Å²) >= 11 is 0. The first-order valence-electron chi connectivity index (χ1n) is 29.5. The molecule has 412 valence electrons. The minimum Gasteiger partial charge on any atom is -0.477 e. The summed E-state index contributed by atoms with van der Waals surface area (Å²) in [6, 6.07) is 0. The van der Waals surface area contributed by atoms with Crippen molar-refractivity contribution in [3.8, 4) is 0 Å². The number of carboxylic acids is 1. The molecule has 71 heavy (non-hydrogen) atoms. The molecule has 0 aromatic carbocycles. The van der Waals surface area contributed by atoms with Crippen molar-refractivity contribution in [3.05, 3.63) is 60.8 Å². The second-order valence-electron chi connectivity index (χ2n) is 20.9. The third-order valence-electron chi connectivity index (χ3n) is 12.7. The van der Waals surface area contributed by atoms with Gasteiger partial charge in [0.05, 0.1) is 34.4 Å². The Bertz CT molecular complexity index is 1350. The number of carboxylic acid groups (broad SMARTS) is 1. The Kier molecular flexibility index (Phi) is 51.0. The average molecular weight is 1000 g/mol. The van der Waals surface area contributed by atoms with Gasteiger partial charge in [-0.3, -0.25) is 9.59 Å². The zero-order valence-corrected chi connectivity index (χ0v) is 46.9. The molecule has 0 aromatic heterocycles. The Labute approximate surface area is 437 Å². The molecule has 9 nitrogen and oxygen atoms in total. The van der Waals surface area contributed by atoms with Crippen molar-refractivity contribution in [1.82, 2.24) is 0 Å². The first kappa shape index (κ1) is 68.0. The number of likely N-dealkylation sites (N-methyl/N-ethyl adjacent to an activating group) is 1. The van der Waals surface area contributed by atoms with E-state index in [9.17, 15) is 19.5 Å². The predicted octanol–water partition coefficient (Wildman–Crippen LogP) is 17.2. The van der Waals surface area contributed by atoms with Gasteiger partial charge in [-0.05, 0) is 83.5 Å². The number of nitrogens with zero attached hydrogens (tertiary/aromatic N) is 1. The van der Waals surface area contributed by atoms with E-state index in [0.29, 0.717) is 23.9 Å². The summed E-state index contributed by atoms with van der Waals surface area (Å²) in [4.78, 5) is 37.4. The van der Waals surface area contributed by atoms with Crippen molar-refractivity contribution in [2.45, 2.75) is 270 Å². The number of hydrogen-bond donors (Lipinski definition) is 1. The summed E-state index contributed by atoms with van der Waals surface area (Å²) in [6.07, 6.45) is 64.3. The molecule has 0 aliphatic heterocycles. The zero-order chi connectivity index (χ0) is 52.0. The maximum atomic E-state index is 12.9. The molecule has 0 spiro atoms. The lowest BCUT2D eigenvalue weighted by Crippen LogP contribution is -2.40. The van der Waals surface area contributed by atoms with Crippen molar-refractivity contribution in [1.29, 1.82) is 0 Å². The van der Waals surface area contributed by atoms with E-state index in [1.54, 1.807) is 0 Å². The molecule has 0 aliphatic rings. The third-order valence-corrected chi connectivity index (χ3v) is 12.7. The Hall–Kier alpha value is -3.01. The van der Waals surface area contributed by atoms with E-state index in [2.05, 4.69) is 74.6 Å². The van der Waals surface area contributed by atoms with E-state index < -0.39 is 24.3 Å². The molecule has 0 amide bonds. The van der Waals surface area contributed by atoms with Crippen molar-refractivity contribution < 1.29 is 42.9 Å². The highest BCUT2D eigenvalue weighted by Gasteiger charge is 2.25. The highest BCUT2D eigenvalue weighted by Crippen LogP contribution is 2.16. The highest BCUT2D eigenvalue weighted by molar-refractivity contribution is 5.71. The second kappa shape index (κ2) is 53.3. The van der Waals surface area contributed by atoms with Crippen LogP contribution in [0, 0.1) is 0 Å². The molecule has 0 aliphatic carbocycles. The van der Waals surface area contributed by atoms with E-state index in [-0.39, 0.29) is 32.2 Å². The van der Waals surface area contributed by atoms with Gasteiger partial charge >= 0.3 is 17.9 Å². The maximum absolute atomic E-state index is 12.9. The Balaban J connectivity index is 4.26. The predicted molar refractivity (Wildman–Crippen MR) is 300 cm³/mol. The van der Waals surface area contributed by atoms with Gasteiger partial charge in [-0.1, -0.05) is 222 Å². The molecule has 0 saturated carbocycles. The van der Waals surface area contributed by atoms with Gasteiger partial charge in [0.2, 0.25) is 0 Å². The first-order valence-corrected chi connectivity index (χ1v) is 29.5. The monoisotopic (exact) mass is 999 g/mol. The third kappa shape index (κ3) is 54.6. The number of allylic oxidation sites excluding steroid dienone is 10. The van der Waals surface area contributed by atoms with Crippen LogP contribution in [0.2, 0.25) is 0 Å². The standard InChI is InChI=1S/C62H111NO8/c1-6-8-10-12-14-16-18-20-22-24-26-28-29-30-31-33-34-36-38-40-42-44-46-48-50-52-59(64)69-56-58(57-70-62(61(66)67)68-55-54-63(3,4)5)71-60(65)53-51-49-47-45-43-41-39-37-35-32-27-25-23-21-19-17-15-13-11-9-7-2/h18-21,24-27,35,37,58,62H,6-17,22-23,28-34,36,38-57H2,1-5H3/p+1/b20-18-,21-19-,26-24-,27-25-,37-35-. The summed E-state index contributed by atoms with van der Waals surface area (Å²) < 4.78 is 22.9. The van der Waals surface area contributed by atoms with Crippen LogP contribution in [0.4, 0.5) is 0 Å². The lowest BCUT2D eigenvalue weighted by atomic mass is 10.0. The van der Waals surface area contributed by atoms with E-state index >= 15 is 0 Å². The minimum absolute atomic E-state index is 0.183. The fourth-order valence-electron chi connectivity index (χ4n) is 8.17. The van der Waals surface area contributed by atoms with Gasteiger partial charge < -0.3 is 28.5 Å². The maximum Gasteiger partial charge on any atom is 0.361 e. The molecule has 0 rings (SSSR count). The van der Waals surface area contributed by atoms with Crippen LogP contribution in [0.1, 0.15) is 258 Å². The summed E-state index contributed by atoms with van der Waals surface area (Å²) in [5, 5.41) is 9.70.